The Morgan fingerprint density at radius 2 is 1.86 bits per heavy atom. The molecule has 1 aliphatic carbocycles. The first-order valence-corrected chi connectivity index (χ1v) is 23.8. The standard InChI is InChI=1S/C43H57ClIN5O13S/c1-24-7-6-8-32(59-5)43(57)21-28(61-41(56)46-43)18-34-42(2,63-34)33(20-35(51)49(3)29-16-26(15-24)17-30(58-4)38(29)44)62-37(53)23-60-13-14-64-31-19-36(52)50(40(31)55)22-25-9-11-27(12-10-25)39(54)47-48-45/h6-8,16-17,25,27-28,31-34,48,57H,9-15,18-23H2,1-5H3,(H,46,56)(H,47,54)/b8-6+,24-7+/t25-,27-,28-,31?,32-,33+,34+,42+,43+/m1/s1. The summed E-state index contributed by atoms with van der Waals surface area (Å²) >= 11 is 9.89. The molecule has 0 aromatic heterocycles. The number of anilines is 1. The molecular weight excluding hydrogens is 989 g/mol. The highest BCUT2D eigenvalue weighted by Crippen LogP contribution is 2.47. The van der Waals surface area contributed by atoms with Gasteiger partial charge in [0.2, 0.25) is 23.6 Å². The Labute approximate surface area is 395 Å². The lowest BCUT2D eigenvalue weighted by atomic mass is 9.81. The van der Waals surface area contributed by atoms with Crippen LogP contribution in [0.4, 0.5) is 10.5 Å². The number of allylic oxidation sites excluding steroid dienone is 3. The maximum absolute atomic E-state index is 14.1. The maximum atomic E-state index is 14.1. The molecule has 18 nitrogen and oxygen atoms in total. The van der Waals surface area contributed by atoms with Gasteiger partial charge in [0.05, 0.1) is 37.2 Å². The average Bonchev–Trinajstić information content (AvgIpc) is 3.83. The van der Waals surface area contributed by atoms with Crippen molar-refractivity contribution in [3.63, 3.8) is 0 Å². The van der Waals surface area contributed by atoms with Crippen molar-refractivity contribution in [3.8, 4) is 5.75 Å². The van der Waals surface area contributed by atoms with Gasteiger partial charge in [-0.05, 0) is 69.6 Å². The van der Waals surface area contributed by atoms with Crippen molar-refractivity contribution in [2.45, 2.75) is 113 Å². The van der Waals surface area contributed by atoms with Gasteiger partial charge in [-0.25, -0.2) is 9.59 Å². The van der Waals surface area contributed by atoms with Gasteiger partial charge in [-0.2, -0.15) is 3.64 Å². The molecule has 4 N–H and O–H groups in total. The summed E-state index contributed by atoms with van der Waals surface area (Å²) in [5.41, 5.74) is 1.67. The molecule has 6 rings (SSSR count). The molecule has 4 heterocycles. The van der Waals surface area contributed by atoms with E-state index in [4.69, 9.17) is 40.0 Å². The van der Waals surface area contributed by atoms with E-state index in [0.717, 1.165) is 24.0 Å². The van der Waals surface area contributed by atoms with Crippen LogP contribution in [0.25, 0.3) is 0 Å². The van der Waals surface area contributed by atoms with Crippen LogP contribution in [-0.2, 0) is 54.1 Å². The molecule has 7 atom stereocenters. The molecule has 0 radical (unpaired) electrons. The summed E-state index contributed by atoms with van der Waals surface area (Å²) in [6.07, 6.45) is 3.95. The third-order valence-corrected chi connectivity index (χ3v) is 14.4. The van der Waals surface area contributed by atoms with Crippen LogP contribution in [0.2, 0.25) is 5.02 Å². The SMILES string of the molecule is COc1cc2cc(c1Cl)N(C)C(=O)C[C@H](OC(=O)COCCSC1CC(=O)N(C[C@H]3CC[C@H](C(=O)NNI)CC3)C1=O)[C@]1(C)O[C@H]1C[C@@H]1C[C@@](O)(NC(=O)O1)[C@H](OC)/C=C/C=C(\C)C2. The van der Waals surface area contributed by atoms with E-state index in [1.54, 1.807) is 38.3 Å². The van der Waals surface area contributed by atoms with Crippen LogP contribution in [0.15, 0.2) is 35.9 Å². The Morgan fingerprint density at radius 1 is 1.11 bits per heavy atom. The predicted molar refractivity (Wildman–Crippen MR) is 243 cm³/mol. The summed E-state index contributed by atoms with van der Waals surface area (Å²) in [5.74, 6) is -1.02. The van der Waals surface area contributed by atoms with Gasteiger partial charge in [-0.3, -0.25) is 34.8 Å². The highest BCUT2D eigenvalue weighted by atomic mass is 127. The fourth-order valence-corrected chi connectivity index (χ4v) is 10.4. The Balaban J connectivity index is 1.09. The second-order valence-corrected chi connectivity index (χ2v) is 19.3. The van der Waals surface area contributed by atoms with E-state index >= 15 is 0 Å². The van der Waals surface area contributed by atoms with Crippen LogP contribution in [0, 0.1) is 11.8 Å². The van der Waals surface area contributed by atoms with Crippen LogP contribution in [0.5, 0.6) is 5.75 Å². The highest BCUT2D eigenvalue weighted by Gasteiger charge is 2.61. The lowest BCUT2D eigenvalue weighted by Gasteiger charge is -2.40. The fraction of sp³-hybridized carbons (Fsp3) is 0.628. The van der Waals surface area contributed by atoms with E-state index in [0.29, 0.717) is 43.0 Å². The summed E-state index contributed by atoms with van der Waals surface area (Å²) in [6, 6.07) is 3.56. The monoisotopic (exact) mass is 1050 g/mol. The molecule has 4 aliphatic heterocycles. The molecule has 3 saturated heterocycles. The molecule has 1 aromatic rings. The van der Waals surface area contributed by atoms with Crippen molar-refractivity contribution in [1.82, 2.24) is 19.3 Å². The number of carbonyl (C=O) groups is 6. The van der Waals surface area contributed by atoms with Crippen molar-refractivity contribution in [3.05, 3.63) is 46.5 Å². The Hall–Kier alpha value is -3.51. The van der Waals surface area contributed by atoms with Gasteiger partial charge in [0.15, 0.2) is 5.72 Å². The predicted octanol–water partition coefficient (Wildman–Crippen LogP) is 4.08. The molecule has 5 aliphatic rings. The lowest BCUT2D eigenvalue weighted by molar-refractivity contribution is -0.158. The first-order chi connectivity index (χ1) is 30.5. The van der Waals surface area contributed by atoms with Crippen LogP contribution in [-0.4, -0.2) is 133 Å². The molecule has 1 saturated carbocycles. The molecular formula is C43H57ClIN5O13S. The molecule has 64 heavy (non-hydrogen) atoms. The summed E-state index contributed by atoms with van der Waals surface area (Å²) in [7, 11) is 4.46. The maximum Gasteiger partial charge on any atom is 0.409 e. The number of methoxy groups -OCH3 is 2. The van der Waals surface area contributed by atoms with Gasteiger partial charge in [0, 0.05) is 74.5 Å². The van der Waals surface area contributed by atoms with Crippen LogP contribution in [0.1, 0.15) is 70.8 Å². The van der Waals surface area contributed by atoms with E-state index in [1.807, 2.05) is 35.9 Å². The second kappa shape index (κ2) is 21.9. The number of alkyl carbamates (subject to hydrolysis) is 1. The number of amides is 5. The number of nitrogens with one attached hydrogen (secondary N) is 3. The van der Waals surface area contributed by atoms with E-state index in [2.05, 4.69) is 14.4 Å². The number of hydrazine groups is 1. The third-order valence-electron chi connectivity index (χ3n) is 12.6. The number of hydrogen-bond acceptors (Lipinski definition) is 15. The molecule has 21 heteroatoms. The topological polar surface area (TPSA) is 224 Å². The van der Waals surface area contributed by atoms with Gasteiger partial charge < -0.3 is 38.4 Å². The van der Waals surface area contributed by atoms with E-state index in [1.165, 1.54) is 35.8 Å². The number of epoxide rings is 1. The largest absolute Gasteiger partial charge is 0.495 e. The van der Waals surface area contributed by atoms with E-state index < -0.39 is 65.6 Å². The van der Waals surface area contributed by atoms with Gasteiger partial charge >= 0.3 is 12.1 Å². The number of benzene rings is 1. The van der Waals surface area contributed by atoms with Gasteiger partial charge in [-0.15, -0.1) is 11.8 Å². The lowest BCUT2D eigenvalue weighted by Crippen LogP contribution is -2.62. The van der Waals surface area contributed by atoms with Crippen molar-refractivity contribution >= 4 is 87.6 Å². The number of likely N-dealkylation sites (tertiary alicyclic amines) is 1. The normalized spacial score (nSPS) is 32.4. The highest BCUT2D eigenvalue weighted by molar-refractivity contribution is 14.1. The number of imide groups is 1. The van der Waals surface area contributed by atoms with Gasteiger partial charge in [0.1, 0.15) is 41.3 Å². The molecule has 4 bridgehead atoms. The van der Waals surface area contributed by atoms with Crippen molar-refractivity contribution < 1.29 is 62.3 Å². The number of ether oxygens (including phenoxy) is 6. The first-order valence-electron chi connectivity index (χ1n) is 21.3. The molecule has 4 fully saturated rings. The molecule has 352 valence electrons. The van der Waals surface area contributed by atoms with Crippen LogP contribution < -0.4 is 24.0 Å². The zero-order chi connectivity index (χ0) is 46.3. The number of halogens is 2. The van der Waals surface area contributed by atoms with Gasteiger partial charge in [0.25, 0.3) is 0 Å². The van der Waals surface area contributed by atoms with E-state index in [9.17, 15) is 33.9 Å². The third kappa shape index (κ3) is 12.1. The van der Waals surface area contributed by atoms with Gasteiger partial charge in [-0.1, -0.05) is 35.4 Å². The number of carbonyl (C=O) groups excluding carboxylic acids is 6. The molecule has 0 spiro atoms. The quantitative estimate of drug-likeness (QED) is 0.0416. The number of aliphatic hydroxyl groups is 1. The van der Waals surface area contributed by atoms with Crippen LogP contribution >= 0.6 is 46.2 Å². The number of fused-ring (bicyclic) bond motifs is 5. The zero-order valence-corrected chi connectivity index (χ0v) is 40.3. The second-order valence-electron chi connectivity index (χ2n) is 17.1. The molecule has 5 amide bonds. The summed E-state index contributed by atoms with van der Waals surface area (Å²) in [4.78, 5) is 81.2. The van der Waals surface area contributed by atoms with Crippen molar-refractivity contribution in [2.75, 3.05) is 51.7 Å². The summed E-state index contributed by atoms with van der Waals surface area (Å²) < 4.78 is 37.1. The number of hydrogen-bond donors (Lipinski definition) is 4. The summed E-state index contributed by atoms with van der Waals surface area (Å²) in [5, 5.41) is 13.8. The van der Waals surface area contributed by atoms with E-state index in [-0.39, 0.29) is 66.9 Å². The molecule has 1 unspecified atom stereocenters. The zero-order valence-electron chi connectivity index (χ0n) is 36.5. The number of rotatable bonds is 13. The summed E-state index contributed by atoms with van der Waals surface area (Å²) in [6.45, 7) is 3.55. The number of nitrogens with zero attached hydrogens (tertiary/aromatic N) is 2. The minimum atomic E-state index is -1.83. The fourth-order valence-electron chi connectivity index (χ4n) is 8.84. The number of thioether (sulfide) groups is 1. The Bertz CT molecular complexity index is 2000. The first kappa shape index (κ1) is 49.9. The Morgan fingerprint density at radius 3 is 2.56 bits per heavy atom. The number of esters is 1. The van der Waals surface area contributed by atoms with Crippen molar-refractivity contribution in [1.29, 1.82) is 0 Å². The van der Waals surface area contributed by atoms with Crippen molar-refractivity contribution in [2.24, 2.45) is 11.8 Å². The smallest absolute Gasteiger partial charge is 0.409 e. The average molecular weight is 1050 g/mol. The minimum Gasteiger partial charge on any atom is -0.495 e. The van der Waals surface area contributed by atoms with Crippen LogP contribution in [0.3, 0.4) is 0 Å². The molecule has 1 aromatic carbocycles. The minimum absolute atomic E-state index is 0.0552. The Kier molecular flexibility index (Phi) is 17.0.